The highest BCUT2D eigenvalue weighted by atomic mass is 32.2. The van der Waals surface area contributed by atoms with Crippen LogP contribution in [0.15, 0.2) is 23.1 Å². The molecule has 2 aliphatic rings. The van der Waals surface area contributed by atoms with Gasteiger partial charge in [0.25, 0.3) is 0 Å². The molecule has 7 nitrogen and oxygen atoms in total. The molecule has 1 unspecified atom stereocenters. The molecule has 1 atom stereocenters. The lowest BCUT2D eigenvalue weighted by Gasteiger charge is -2.33. The molecular weight excluding hydrogens is 376 g/mol. The number of fused-ring (bicyclic) bond motifs is 1. The molecular formula is C20H30N4O3S. The summed E-state index contributed by atoms with van der Waals surface area (Å²) in [4.78, 5) is 7.65. The van der Waals surface area contributed by atoms with Crippen molar-refractivity contribution in [3.05, 3.63) is 24.0 Å². The highest BCUT2D eigenvalue weighted by Crippen LogP contribution is 2.25. The summed E-state index contributed by atoms with van der Waals surface area (Å²) in [6, 6.07) is 5.92. The number of nitrogens with zero attached hydrogens (tertiary/aromatic N) is 4. The highest BCUT2D eigenvalue weighted by molar-refractivity contribution is 7.89. The van der Waals surface area contributed by atoms with E-state index in [1.165, 1.54) is 23.6 Å². The van der Waals surface area contributed by atoms with E-state index in [2.05, 4.69) is 23.3 Å². The van der Waals surface area contributed by atoms with E-state index in [0.29, 0.717) is 37.2 Å². The maximum atomic E-state index is 13.0. The van der Waals surface area contributed by atoms with Crippen LogP contribution in [0.5, 0.6) is 0 Å². The number of imidazole rings is 1. The molecule has 2 saturated heterocycles. The first-order valence-electron chi connectivity index (χ1n) is 10.3. The van der Waals surface area contributed by atoms with Gasteiger partial charge in [-0.1, -0.05) is 6.42 Å². The lowest BCUT2D eigenvalue weighted by atomic mass is 10.0. The van der Waals surface area contributed by atoms with Gasteiger partial charge in [0.05, 0.1) is 35.7 Å². The normalized spacial score (nSPS) is 22.7. The number of morpholine rings is 1. The van der Waals surface area contributed by atoms with E-state index in [0.717, 1.165) is 36.5 Å². The van der Waals surface area contributed by atoms with Crippen molar-refractivity contribution in [3.63, 3.8) is 0 Å². The topological polar surface area (TPSA) is 67.7 Å². The van der Waals surface area contributed by atoms with Crippen LogP contribution in [0, 0.1) is 0 Å². The summed E-state index contributed by atoms with van der Waals surface area (Å²) in [5, 5.41) is 0. The molecule has 8 heteroatoms. The van der Waals surface area contributed by atoms with Crippen molar-refractivity contribution in [1.82, 2.24) is 18.8 Å². The molecule has 0 N–H and O–H groups in total. The number of hydrogen-bond donors (Lipinski definition) is 0. The first-order valence-corrected chi connectivity index (χ1v) is 11.8. The fourth-order valence-electron chi connectivity index (χ4n) is 4.30. The van der Waals surface area contributed by atoms with Gasteiger partial charge in [0.2, 0.25) is 10.0 Å². The van der Waals surface area contributed by atoms with Crippen LogP contribution in [0.25, 0.3) is 11.0 Å². The standard InChI is InChI=1S/C20H30N4O3S/c1-3-24-19-8-7-17(28(25,26)23-10-12-27-13-11-23)14-18(19)21-20(24)15-22-9-5-4-6-16(22)2/h7-8,14,16H,3-6,9-13,15H2,1-2H3. The number of piperidine rings is 1. The number of rotatable bonds is 5. The van der Waals surface area contributed by atoms with E-state index in [-0.39, 0.29) is 0 Å². The van der Waals surface area contributed by atoms with Gasteiger partial charge >= 0.3 is 0 Å². The summed E-state index contributed by atoms with van der Waals surface area (Å²) >= 11 is 0. The van der Waals surface area contributed by atoms with Crippen LogP contribution in [-0.4, -0.2) is 66.1 Å². The number of benzene rings is 1. The molecule has 4 rings (SSSR count). The van der Waals surface area contributed by atoms with Gasteiger partial charge in [-0.15, -0.1) is 0 Å². The van der Waals surface area contributed by atoms with E-state index >= 15 is 0 Å². The van der Waals surface area contributed by atoms with Crippen LogP contribution in [0.4, 0.5) is 0 Å². The van der Waals surface area contributed by atoms with Crippen LogP contribution < -0.4 is 0 Å². The molecule has 1 aromatic carbocycles. The zero-order chi connectivity index (χ0) is 19.7. The molecule has 2 aromatic rings. The quantitative estimate of drug-likeness (QED) is 0.763. The lowest BCUT2D eigenvalue weighted by Crippen LogP contribution is -2.40. The van der Waals surface area contributed by atoms with Crippen molar-refractivity contribution >= 4 is 21.1 Å². The SMILES string of the molecule is CCn1c(CN2CCCCC2C)nc2cc(S(=O)(=O)N3CCOCC3)ccc21. The minimum atomic E-state index is -3.51. The van der Waals surface area contributed by atoms with Gasteiger partial charge in [0.1, 0.15) is 5.82 Å². The third-order valence-corrected chi connectivity index (χ3v) is 7.90. The Bertz CT molecular complexity index is 934. The van der Waals surface area contributed by atoms with Gasteiger partial charge in [-0.05, 0) is 51.4 Å². The first-order chi connectivity index (χ1) is 13.5. The Morgan fingerprint density at radius 1 is 1.18 bits per heavy atom. The van der Waals surface area contributed by atoms with Gasteiger partial charge in [-0.3, -0.25) is 4.90 Å². The van der Waals surface area contributed by atoms with E-state index in [4.69, 9.17) is 9.72 Å². The summed E-state index contributed by atoms with van der Waals surface area (Å²) in [5.41, 5.74) is 1.76. The lowest BCUT2D eigenvalue weighted by molar-refractivity contribution is 0.0730. The average Bonchev–Trinajstić information content (AvgIpc) is 3.06. The molecule has 0 saturated carbocycles. The molecule has 2 aliphatic heterocycles. The second-order valence-corrected chi connectivity index (χ2v) is 9.69. The minimum Gasteiger partial charge on any atom is -0.379 e. The van der Waals surface area contributed by atoms with Crippen molar-refractivity contribution in [3.8, 4) is 0 Å². The third-order valence-electron chi connectivity index (χ3n) is 6.01. The molecule has 0 radical (unpaired) electrons. The van der Waals surface area contributed by atoms with Gasteiger partial charge in [0, 0.05) is 25.7 Å². The first kappa shape index (κ1) is 19.8. The predicted molar refractivity (Wildman–Crippen MR) is 109 cm³/mol. The second kappa shape index (κ2) is 8.10. The van der Waals surface area contributed by atoms with Crippen LogP contribution >= 0.6 is 0 Å². The highest BCUT2D eigenvalue weighted by Gasteiger charge is 2.27. The predicted octanol–water partition coefficient (Wildman–Crippen LogP) is 2.45. The largest absolute Gasteiger partial charge is 0.379 e. The molecule has 0 bridgehead atoms. The summed E-state index contributed by atoms with van der Waals surface area (Å²) in [5.74, 6) is 1.02. The summed E-state index contributed by atoms with van der Waals surface area (Å²) < 4.78 is 35.0. The van der Waals surface area contributed by atoms with Crippen LogP contribution in [0.3, 0.4) is 0 Å². The maximum absolute atomic E-state index is 13.0. The van der Waals surface area contributed by atoms with Gasteiger partial charge in [0.15, 0.2) is 0 Å². The number of sulfonamides is 1. The Morgan fingerprint density at radius 3 is 2.68 bits per heavy atom. The summed E-state index contributed by atoms with van der Waals surface area (Å²) in [7, 11) is -3.51. The van der Waals surface area contributed by atoms with Crippen molar-refractivity contribution in [2.75, 3.05) is 32.8 Å². The molecule has 154 valence electrons. The average molecular weight is 407 g/mol. The molecule has 1 aromatic heterocycles. The van der Waals surface area contributed by atoms with Gasteiger partial charge in [-0.25, -0.2) is 13.4 Å². The van der Waals surface area contributed by atoms with Gasteiger partial charge < -0.3 is 9.30 Å². The molecule has 28 heavy (non-hydrogen) atoms. The van der Waals surface area contributed by atoms with Crippen molar-refractivity contribution in [1.29, 1.82) is 0 Å². The maximum Gasteiger partial charge on any atom is 0.243 e. The van der Waals surface area contributed by atoms with Crippen molar-refractivity contribution < 1.29 is 13.2 Å². The third kappa shape index (κ3) is 3.70. The Balaban J connectivity index is 1.66. The molecule has 0 amide bonds. The zero-order valence-corrected chi connectivity index (χ0v) is 17.6. The number of aromatic nitrogens is 2. The van der Waals surface area contributed by atoms with Gasteiger partial charge in [-0.2, -0.15) is 4.31 Å². The van der Waals surface area contributed by atoms with E-state index < -0.39 is 10.0 Å². The monoisotopic (exact) mass is 406 g/mol. The summed E-state index contributed by atoms with van der Waals surface area (Å²) in [6.07, 6.45) is 3.76. The zero-order valence-electron chi connectivity index (χ0n) is 16.8. The van der Waals surface area contributed by atoms with E-state index in [1.54, 1.807) is 12.1 Å². The van der Waals surface area contributed by atoms with Crippen molar-refractivity contribution in [2.45, 2.75) is 57.1 Å². The van der Waals surface area contributed by atoms with E-state index in [9.17, 15) is 8.42 Å². The Morgan fingerprint density at radius 2 is 1.96 bits per heavy atom. The Labute approximate surface area is 167 Å². The van der Waals surface area contributed by atoms with Crippen molar-refractivity contribution in [2.24, 2.45) is 0 Å². The fourth-order valence-corrected chi connectivity index (χ4v) is 5.73. The molecule has 0 aliphatic carbocycles. The number of hydrogen-bond acceptors (Lipinski definition) is 5. The molecule has 0 spiro atoms. The summed E-state index contributed by atoms with van der Waals surface area (Å²) in [6.45, 7) is 8.84. The smallest absolute Gasteiger partial charge is 0.243 e. The molecule has 3 heterocycles. The minimum absolute atomic E-state index is 0.320. The Hall–Kier alpha value is -1.48. The van der Waals surface area contributed by atoms with Crippen LogP contribution in [0.1, 0.15) is 38.9 Å². The fraction of sp³-hybridized carbons (Fsp3) is 0.650. The number of likely N-dealkylation sites (tertiary alicyclic amines) is 1. The number of aryl methyl sites for hydroxylation is 1. The van der Waals surface area contributed by atoms with E-state index in [1.807, 2.05) is 6.07 Å². The number of ether oxygens (including phenoxy) is 1. The van der Waals surface area contributed by atoms with Crippen LogP contribution in [0.2, 0.25) is 0 Å². The Kier molecular flexibility index (Phi) is 5.73. The molecule has 2 fully saturated rings. The second-order valence-electron chi connectivity index (χ2n) is 7.75. The van der Waals surface area contributed by atoms with Crippen LogP contribution in [-0.2, 0) is 27.8 Å².